The first-order chi connectivity index (χ1) is 11.3. The largest absolute Gasteiger partial charge is 0.449 e. The number of carbonyl (C=O) groups is 1. The van der Waals surface area contributed by atoms with Crippen molar-refractivity contribution in [3.05, 3.63) is 59.7 Å². The van der Waals surface area contributed by atoms with E-state index in [2.05, 4.69) is 35.5 Å². The van der Waals surface area contributed by atoms with E-state index >= 15 is 0 Å². The van der Waals surface area contributed by atoms with E-state index in [0.29, 0.717) is 19.6 Å². The van der Waals surface area contributed by atoms with Crippen LogP contribution in [0.5, 0.6) is 0 Å². The predicted octanol–water partition coefficient (Wildman–Crippen LogP) is 3.94. The zero-order valence-electron chi connectivity index (χ0n) is 12.9. The average Bonchev–Trinajstić information content (AvgIpc) is 2.91. The summed E-state index contributed by atoms with van der Waals surface area (Å²) in [7, 11) is 0. The molecular weight excluding hydrogens is 286 g/mol. The van der Waals surface area contributed by atoms with E-state index in [1.807, 2.05) is 24.3 Å². The molecule has 0 atom stereocenters. The van der Waals surface area contributed by atoms with Crippen LogP contribution >= 0.6 is 0 Å². The third kappa shape index (κ3) is 3.22. The molecule has 0 saturated heterocycles. The van der Waals surface area contributed by atoms with Gasteiger partial charge in [0, 0.05) is 18.9 Å². The summed E-state index contributed by atoms with van der Waals surface area (Å²) < 4.78 is 5.42. The minimum absolute atomic E-state index is 0.0962. The number of benzene rings is 2. The van der Waals surface area contributed by atoms with Gasteiger partial charge in [0.25, 0.3) is 0 Å². The van der Waals surface area contributed by atoms with Crippen molar-refractivity contribution in [2.45, 2.75) is 18.8 Å². The Kier molecular flexibility index (Phi) is 4.63. The van der Waals surface area contributed by atoms with Gasteiger partial charge in [0.2, 0.25) is 0 Å². The summed E-state index contributed by atoms with van der Waals surface area (Å²) >= 11 is 0. The lowest BCUT2D eigenvalue weighted by Gasteiger charge is -2.14. The number of fused-ring (bicyclic) bond motifs is 3. The maximum atomic E-state index is 11.8. The van der Waals surface area contributed by atoms with E-state index < -0.39 is 0 Å². The first-order valence-corrected chi connectivity index (χ1v) is 7.83. The Morgan fingerprint density at radius 2 is 1.70 bits per heavy atom. The second-order valence-corrected chi connectivity index (χ2v) is 5.56. The van der Waals surface area contributed by atoms with E-state index in [0.717, 1.165) is 6.42 Å². The molecule has 0 spiro atoms. The molecule has 1 aliphatic carbocycles. The van der Waals surface area contributed by atoms with E-state index in [-0.39, 0.29) is 12.0 Å². The molecule has 0 unspecified atom stereocenters. The molecule has 3 heteroatoms. The Morgan fingerprint density at radius 3 is 2.30 bits per heavy atom. The van der Waals surface area contributed by atoms with E-state index in [9.17, 15) is 4.79 Å². The van der Waals surface area contributed by atoms with Gasteiger partial charge in [-0.25, -0.2) is 4.79 Å². The predicted molar refractivity (Wildman–Crippen MR) is 91.1 cm³/mol. The van der Waals surface area contributed by atoms with E-state index in [4.69, 9.17) is 11.2 Å². The van der Waals surface area contributed by atoms with Gasteiger partial charge in [0.1, 0.15) is 6.61 Å². The zero-order valence-corrected chi connectivity index (χ0v) is 12.9. The molecule has 0 bridgehead atoms. The molecule has 23 heavy (non-hydrogen) atoms. The molecule has 2 aromatic rings. The number of unbranched alkanes of at least 4 members (excludes halogenated alkanes) is 1. The number of alkyl carbamates (subject to hydrolysis) is 1. The molecule has 0 heterocycles. The molecule has 1 amide bonds. The Labute approximate surface area is 136 Å². The molecule has 1 N–H and O–H groups in total. The monoisotopic (exact) mass is 305 g/mol. The van der Waals surface area contributed by atoms with E-state index in [1.54, 1.807) is 0 Å². The van der Waals surface area contributed by atoms with Crippen molar-refractivity contribution in [1.29, 1.82) is 0 Å². The number of hydrogen-bond donors (Lipinski definition) is 1. The lowest BCUT2D eigenvalue weighted by atomic mass is 9.98. The van der Waals surface area contributed by atoms with Crippen molar-refractivity contribution in [1.82, 2.24) is 5.32 Å². The first kappa shape index (κ1) is 15.2. The van der Waals surface area contributed by atoms with Crippen LogP contribution in [-0.2, 0) is 4.74 Å². The quantitative estimate of drug-likeness (QED) is 0.671. The van der Waals surface area contributed by atoms with Crippen LogP contribution < -0.4 is 5.32 Å². The number of amides is 1. The topological polar surface area (TPSA) is 38.3 Å². The summed E-state index contributed by atoms with van der Waals surface area (Å²) in [5.74, 6) is 2.64. The van der Waals surface area contributed by atoms with Crippen molar-refractivity contribution in [3.63, 3.8) is 0 Å². The van der Waals surface area contributed by atoms with Gasteiger partial charge < -0.3 is 10.1 Å². The summed E-state index contributed by atoms with van der Waals surface area (Å²) in [5, 5.41) is 2.73. The number of terminal acetylenes is 1. The van der Waals surface area contributed by atoms with Gasteiger partial charge >= 0.3 is 6.09 Å². The highest BCUT2D eigenvalue weighted by Gasteiger charge is 2.28. The summed E-state index contributed by atoms with van der Waals surface area (Å²) in [5.41, 5.74) is 4.89. The highest BCUT2D eigenvalue weighted by molar-refractivity contribution is 5.79. The Bertz CT molecular complexity index is 700. The SMILES string of the molecule is C#CCCCNC(=O)OCC1c2ccccc2-c2ccccc21. The fourth-order valence-corrected chi connectivity index (χ4v) is 3.03. The van der Waals surface area contributed by atoms with Crippen LogP contribution in [0.4, 0.5) is 4.79 Å². The molecule has 3 rings (SSSR count). The molecular formula is C20H19NO2. The van der Waals surface area contributed by atoms with Crippen molar-refractivity contribution in [3.8, 4) is 23.5 Å². The van der Waals surface area contributed by atoms with Gasteiger partial charge in [-0.05, 0) is 28.7 Å². The highest BCUT2D eigenvalue weighted by Crippen LogP contribution is 2.44. The normalized spacial score (nSPS) is 12.1. The standard InChI is InChI=1S/C20H19NO2/c1-2-3-8-13-21-20(22)23-14-19-17-11-6-4-9-15(17)16-10-5-7-12-18(16)19/h1,4-7,9-12,19H,3,8,13-14H2,(H,21,22). The minimum Gasteiger partial charge on any atom is -0.449 e. The highest BCUT2D eigenvalue weighted by atomic mass is 16.5. The van der Waals surface area contributed by atoms with Crippen molar-refractivity contribution < 1.29 is 9.53 Å². The van der Waals surface area contributed by atoms with Crippen LogP contribution in [0.1, 0.15) is 29.9 Å². The lowest BCUT2D eigenvalue weighted by Crippen LogP contribution is -2.26. The Morgan fingerprint density at radius 1 is 1.09 bits per heavy atom. The van der Waals surface area contributed by atoms with Gasteiger partial charge in [-0.2, -0.15) is 0 Å². The lowest BCUT2D eigenvalue weighted by molar-refractivity contribution is 0.143. The van der Waals surface area contributed by atoms with Gasteiger partial charge in [-0.3, -0.25) is 0 Å². The first-order valence-electron chi connectivity index (χ1n) is 7.83. The van der Waals surface area contributed by atoms with Crippen LogP contribution in [-0.4, -0.2) is 19.2 Å². The molecule has 0 aromatic heterocycles. The van der Waals surface area contributed by atoms with Crippen LogP contribution in [0, 0.1) is 12.3 Å². The number of rotatable bonds is 5. The van der Waals surface area contributed by atoms with E-state index in [1.165, 1.54) is 22.3 Å². The fraction of sp³-hybridized carbons (Fsp3) is 0.250. The van der Waals surface area contributed by atoms with Crippen molar-refractivity contribution >= 4 is 6.09 Å². The maximum Gasteiger partial charge on any atom is 0.407 e. The minimum atomic E-state index is -0.385. The number of ether oxygens (including phenoxy) is 1. The Hall–Kier alpha value is -2.73. The average molecular weight is 305 g/mol. The van der Waals surface area contributed by atoms with Crippen molar-refractivity contribution in [2.24, 2.45) is 0 Å². The molecule has 0 saturated carbocycles. The van der Waals surface area contributed by atoms with Gasteiger partial charge in [0.15, 0.2) is 0 Å². The van der Waals surface area contributed by atoms with Gasteiger partial charge in [-0.15, -0.1) is 12.3 Å². The smallest absolute Gasteiger partial charge is 0.407 e. The number of nitrogens with one attached hydrogen (secondary N) is 1. The van der Waals surface area contributed by atoms with Crippen LogP contribution in [0.25, 0.3) is 11.1 Å². The molecule has 1 aliphatic rings. The molecule has 0 fully saturated rings. The number of hydrogen-bond acceptors (Lipinski definition) is 2. The second-order valence-electron chi connectivity index (χ2n) is 5.56. The Balaban J connectivity index is 1.67. The van der Waals surface area contributed by atoms with Crippen LogP contribution in [0.15, 0.2) is 48.5 Å². The summed E-state index contributed by atoms with van der Waals surface area (Å²) in [6.07, 6.45) is 6.22. The molecule has 3 nitrogen and oxygen atoms in total. The molecule has 0 radical (unpaired) electrons. The van der Waals surface area contributed by atoms with Crippen molar-refractivity contribution in [2.75, 3.05) is 13.2 Å². The summed E-state index contributed by atoms with van der Waals surface area (Å²) in [4.78, 5) is 11.8. The van der Waals surface area contributed by atoms with Gasteiger partial charge in [0.05, 0.1) is 0 Å². The molecule has 116 valence electrons. The number of carbonyl (C=O) groups excluding carboxylic acids is 1. The third-order valence-electron chi connectivity index (χ3n) is 4.11. The van der Waals surface area contributed by atoms with Gasteiger partial charge in [-0.1, -0.05) is 48.5 Å². The molecule has 2 aromatic carbocycles. The summed E-state index contributed by atoms with van der Waals surface area (Å²) in [6, 6.07) is 16.6. The molecule has 0 aliphatic heterocycles. The third-order valence-corrected chi connectivity index (χ3v) is 4.11. The fourth-order valence-electron chi connectivity index (χ4n) is 3.03. The van der Waals surface area contributed by atoms with Crippen LogP contribution in [0.2, 0.25) is 0 Å². The second kappa shape index (κ2) is 7.02. The van der Waals surface area contributed by atoms with Crippen LogP contribution in [0.3, 0.4) is 0 Å². The summed E-state index contributed by atoms with van der Waals surface area (Å²) in [6.45, 7) is 0.885. The maximum absolute atomic E-state index is 11.8. The zero-order chi connectivity index (χ0) is 16.1.